The van der Waals surface area contributed by atoms with Gasteiger partial charge in [0.2, 0.25) is 0 Å². The Morgan fingerprint density at radius 2 is 1.68 bits per heavy atom. The van der Waals surface area contributed by atoms with Crippen LogP contribution in [0.25, 0.3) is 0 Å². The molecule has 22 heavy (non-hydrogen) atoms. The highest BCUT2D eigenvalue weighted by molar-refractivity contribution is 5.05. The Morgan fingerprint density at radius 1 is 0.909 bits per heavy atom. The van der Waals surface area contributed by atoms with Crippen molar-refractivity contribution in [3.63, 3.8) is 0 Å². The fourth-order valence-electron chi connectivity index (χ4n) is 6.65. The van der Waals surface area contributed by atoms with Crippen molar-refractivity contribution in [3.8, 4) is 0 Å². The van der Waals surface area contributed by atoms with Crippen LogP contribution in [0.15, 0.2) is 0 Å². The van der Waals surface area contributed by atoms with Crippen LogP contribution in [-0.2, 0) is 4.74 Å². The van der Waals surface area contributed by atoms with E-state index >= 15 is 0 Å². The molecule has 4 fully saturated rings. The van der Waals surface area contributed by atoms with Gasteiger partial charge in [0, 0.05) is 5.41 Å². The van der Waals surface area contributed by atoms with E-state index in [0.29, 0.717) is 12.5 Å². The summed E-state index contributed by atoms with van der Waals surface area (Å²) in [5, 5.41) is 20.9. The SMILES string of the molecule is C[C@@]1(O)CCC2C(CCC3[C@@H]2CC[C@]2(C)C(O)COC[C@@H]32)C1. The first kappa shape index (κ1) is 15.4. The van der Waals surface area contributed by atoms with Crippen LogP contribution in [0, 0.1) is 35.0 Å². The van der Waals surface area contributed by atoms with Gasteiger partial charge in [-0.25, -0.2) is 0 Å². The van der Waals surface area contributed by atoms with Crippen molar-refractivity contribution in [2.24, 2.45) is 35.0 Å². The van der Waals surface area contributed by atoms with Gasteiger partial charge in [0.1, 0.15) is 0 Å². The zero-order valence-electron chi connectivity index (χ0n) is 14.1. The fourth-order valence-corrected chi connectivity index (χ4v) is 6.65. The molecule has 1 aliphatic heterocycles. The highest BCUT2D eigenvalue weighted by atomic mass is 16.5. The molecule has 2 N–H and O–H groups in total. The minimum absolute atomic E-state index is 0.0758. The third-order valence-electron chi connectivity index (χ3n) is 8.01. The monoisotopic (exact) mass is 308 g/mol. The molecule has 4 aliphatic rings. The lowest BCUT2D eigenvalue weighted by Crippen LogP contribution is -2.58. The smallest absolute Gasteiger partial charge is 0.0830 e. The van der Waals surface area contributed by atoms with Gasteiger partial charge in [0.15, 0.2) is 0 Å². The maximum atomic E-state index is 10.5. The van der Waals surface area contributed by atoms with Gasteiger partial charge in [-0.05, 0) is 81.5 Å². The van der Waals surface area contributed by atoms with Gasteiger partial charge >= 0.3 is 0 Å². The number of aliphatic hydroxyl groups excluding tert-OH is 1. The van der Waals surface area contributed by atoms with Crippen molar-refractivity contribution < 1.29 is 14.9 Å². The van der Waals surface area contributed by atoms with E-state index in [9.17, 15) is 10.2 Å². The molecule has 0 bridgehead atoms. The zero-order valence-corrected chi connectivity index (χ0v) is 14.1. The van der Waals surface area contributed by atoms with E-state index < -0.39 is 5.60 Å². The highest BCUT2D eigenvalue weighted by Gasteiger charge is 2.56. The first-order chi connectivity index (χ1) is 10.4. The third-order valence-corrected chi connectivity index (χ3v) is 8.01. The van der Waals surface area contributed by atoms with Crippen molar-refractivity contribution in [2.45, 2.75) is 70.5 Å². The molecular formula is C19H32O3. The van der Waals surface area contributed by atoms with E-state index in [-0.39, 0.29) is 11.5 Å². The molecule has 0 radical (unpaired) electrons. The molecule has 3 saturated carbocycles. The Hall–Kier alpha value is -0.120. The molecule has 126 valence electrons. The lowest BCUT2D eigenvalue weighted by atomic mass is 9.48. The summed E-state index contributed by atoms with van der Waals surface area (Å²) in [5.74, 6) is 3.62. The van der Waals surface area contributed by atoms with Crippen molar-refractivity contribution in [1.29, 1.82) is 0 Å². The average Bonchev–Trinajstić information content (AvgIpc) is 2.47. The molecule has 0 aromatic heterocycles. The van der Waals surface area contributed by atoms with Crippen LogP contribution < -0.4 is 0 Å². The molecule has 3 heteroatoms. The standard InChI is InChI=1S/C19H32O3/c1-18(21)7-5-13-12(9-18)3-4-15-14(13)6-8-19(2)16(15)10-22-11-17(19)20/h12-17,20-21H,3-11H2,1-2H3/t12?,13?,14-,15?,16+,17?,18-,19+/m1/s1. The number of ether oxygens (including phenoxy) is 1. The van der Waals surface area contributed by atoms with Gasteiger partial charge in [-0.3, -0.25) is 0 Å². The normalized spacial score (nSPS) is 58.4. The average molecular weight is 308 g/mol. The lowest BCUT2D eigenvalue weighted by molar-refractivity contribution is -0.192. The molecule has 3 nitrogen and oxygen atoms in total. The van der Waals surface area contributed by atoms with Gasteiger partial charge in [-0.1, -0.05) is 6.92 Å². The third kappa shape index (κ3) is 2.27. The summed E-state index contributed by atoms with van der Waals surface area (Å²) in [5.41, 5.74) is -0.353. The Kier molecular flexibility index (Phi) is 3.63. The summed E-state index contributed by atoms with van der Waals surface area (Å²) >= 11 is 0. The van der Waals surface area contributed by atoms with Gasteiger partial charge in [-0.15, -0.1) is 0 Å². The summed E-state index contributed by atoms with van der Waals surface area (Å²) in [4.78, 5) is 0. The molecular weight excluding hydrogens is 276 g/mol. The molecule has 0 aromatic rings. The Balaban J connectivity index is 1.56. The highest BCUT2D eigenvalue weighted by Crippen LogP contribution is 2.60. The number of hydrogen-bond donors (Lipinski definition) is 2. The lowest BCUT2D eigenvalue weighted by Gasteiger charge is -2.59. The van der Waals surface area contributed by atoms with Crippen molar-refractivity contribution in [2.75, 3.05) is 13.2 Å². The van der Waals surface area contributed by atoms with Gasteiger partial charge < -0.3 is 14.9 Å². The summed E-state index contributed by atoms with van der Waals surface area (Å²) in [6, 6.07) is 0. The van der Waals surface area contributed by atoms with E-state index in [1.165, 1.54) is 25.7 Å². The predicted molar refractivity (Wildman–Crippen MR) is 85.3 cm³/mol. The minimum Gasteiger partial charge on any atom is -0.390 e. The summed E-state index contributed by atoms with van der Waals surface area (Å²) in [7, 11) is 0. The summed E-state index contributed by atoms with van der Waals surface area (Å²) < 4.78 is 5.74. The number of fused-ring (bicyclic) bond motifs is 5. The molecule has 4 rings (SSSR count). The molecule has 8 atom stereocenters. The van der Waals surface area contributed by atoms with Crippen LogP contribution in [0.5, 0.6) is 0 Å². The van der Waals surface area contributed by atoms with Crippen LogP contribution in [0.1, 0.15) is 58.8 Å². The fraction of sp³-hybridized carbons (Fsp3) is 1.00. The predicted octanol–water partition coefficient (Wildman–Crippen LogP) is 2.99. The van der Waals surface area contributed by atoms with E-state index in [1.807, 2.05) is 6.92 Å². The number of rotatable bonds is 0. The Bertz CT molecular complexity index is 434. The molecule has 0 spiro atoms. The first-order valence-electron chi connectivity index (χ1n) is 9.39. The second-order valence-corrected chi connectivity index (χ2v) is 9.27. The molecule has 0 aromatic carbocycles. The molecule has 4 unspecified atom stereocenters. The van der Waals surface area contributed by atoms with E-state index in [4.69, 9.17) is 4.74 Å². The van der Waals surface area contributed by atoms with Gasteiger partial charge in [0.25, 0.3) is 0 Å². The minimum atomic E-state index is -0.429. The maximum Gasteiger partial charge on any atom is 0.0830 e. The largest absolute Gasteiger partial charge is 0.390 e. The topological polar surface area (TPSA) is 49.7 Å². The van der Waals surface area contributed by atoms with Crippen LogP contribution in [0.4, 0.5) is 0 Å². The van der Waals surface area contributed by atoms with Crippen LogP contribution in [-0.4, -0.2) is 35.1 Å². The maximum absolute atomic E-state index is 10.5. The number of hydrogen-bond acceptors (Lipinski definition) is 3. The second kappa shape index (κ2) is 5.19. The second-order valence-electron chi connectivity index (χ2n) is 9.27. The molecule has 1 saturated heterocycles. The van der Waals surface area contributed by atoms with Crippen LogP contribution in [0.3, 0.4) is 0 Å². The van der Waals surface area contributed by atoms with Crippen molar-refractivity contribution in [3.05, 3.63) is 0 Å². The zero-order chi connectivity index (χ0) is 15.5. The Labute approximate surface area is 134 Å². The summed E-state index contributed by atoms with van der Waals surface area (Å²) in [6.07, 6.45) is 7.87. The van der Waals surface area contributed by atoms with E-state index in [0.717, 1.165) is 49.5 Å². The van der Waals surface area contributed by atoms with Gasteiger partial charge in [-0.2, -0.15) is 0 Å². The van der Waals surface area contributed by atoms with E-state index in [2.05, 4.69) is 6.92 Å². The van der Waals surface area contributed by atoms with Crippen molar-refractivity contribution in [1.82, 2.24) is 0 Å². The van der Waals surface area contributed by atoms with Crippen molar-refractivity contribution >= 4 is 0 Å². The molecule has 3 aliphatic carbocycles. The molecule has 1 heterocycles. The summed E-state index contributed by atoms with van der Waals surface area (Å²) in [6.45, 7) is 5.71. The van der Waals surface area contributed by atoms with Crippen LogP contribution in [0.2, 0.25) is 0 Å². The number of aliphatic hydroxyl groups is 2. The Morgan fingerprint density at radius 3 is 2.50 bits per heavy atom. The van der Waals surface area contributed by atoms with Crippen LogP contribution >= 0.6 is 0 Å². The van der Waals surface area contributed by atoms with E-state index in [1.54, 1.807) is 0 Å². The first-order valence-corrected chi connectivity index (χ1v) is 9.39. The van der Waals surface area contributed by atoms with Gasteiger partial charge in [0.05, 0.1) is 24.9 Å². The quantitative estimate of drug-likeness (QED) is 0.723. The molecule has 0 amide bonds.